The molecule has 1 saturated heterocycles. The molecule has 0 amide bonds. The Balaban J connectivity index is 1.06. The van der Waals surface area contributed by atoms with Crippen molar-refractivity contribution in [1.29, 1.82) is 5.26 Å². The highest BCUT2D eigenvalue weighted by Crippen LogP contribution is 2.61. The van der Waals surface area contributed by atoms with Gasteiger partial charge in [-0.2, -0.15) is 5.26 Å². The SMILES string of the molecule is Cc1nc(N2CCC(C#N)(c3ccccc3)CC2)nc(C)c1-c1ccc(F)c(COc2ccc3c(c2)CC2C(C(=O)O)C32)c1. The van der Waals surface area contributed by atoms with Gasteiger partial charge < -0.3 is 14.7 Å². The lowest BCUT2D eigenvalue weighted by molar-refractivity contribution is -0.139. The van der Waals surface area contributed by atoms with E-state index in [-0.39, 0.29) is 30.2 Å². The fourth-order valence-corrected chi connectivity index (χ4v) is 7.39. The Morgan fingerprint density at radius 1 is 1.07 bits per heavy atom. The number of nitriles is 1. The fourth-order valence-electron chi connectivity index (χ4n) is 7.39. The van der Waals surface area contributed by atoms with Crippen molar-refractivity contribution in [2.24, 2.45) is 11.8 Å². The summed E-state index contributed by atoms with van der Waals surface area (Å²) in [5.74, 6) is 0.265. The Morgan fingerprint density at radius 3 is 2.48 bits per heavy atom. The minimum absolute atomic E-state index is 0.0654. The molecular formula is C36H33FN4O3. The summed E-state index contributed by atoms with van der Waals surface area (Å²) in [4.78, 5) is 23.3. The van der Waals surface area contributed by atoms with Gasteiger partial charge in [0, 0.05) is 30.1 Å². The summed E-state index contributed by atoms with van der Waals surface area (Å²) >= 11 is 0. The van der Waals surface area contributed by atoms with Gasteiger partial charge in [-0.15, -0.1) is 0 Å². The van der Waals surface area contributed by atoms with Crippen LogP contribution >= 0.6 is 0 Å². The molecule has 7 rings (SSSR count). The Morgan fingerprint density at radius 2 is 1.80 bits per heavy atom. The number of hydrogen-bond donors (Lipinski definition) is 1. The molecule has 8 heteroatoms. The number of aromatic nitrogens is 2. The molecule has 0 spiro atoms. The highest BCUT2D eigenvalue weighted by Gasteiger charge is 2.59. The zero-order valence-electron chi connectivity index (χ0n) is 24.8. The van der Waals surface area contributed by atoms with Crippen molar-refractivity contribution in [3.63, 3.8) is 0 Å². The molecular weight excluding hydrogens is 555 g/mol. The summed E-state index contributed by atoms with van der Waals surface area (Å²) in [7, 11) is 0. The third kappa shape index (κ3) is 4.77. The molecule has 1 N–H and O–H groups in total. The molecule has 4 aromatic rings. The van der Waals surface area contributed by atoms with Gasteiger partial charge in [0.2, 0.25) is 5.95 Å². The first-order chi connectivity index (χ1) is 21.3. The van der Waals surface area contributed by atoms with Crippen molar-refractivity contribution in [3.8, 4) is 22.9 Å². The zero-order chi connectivity index (χ0) is 30.6. The lowest BCUT2D eigenvalue weighted by Crippen LogP contribution is -2.42. The van der Waals surface area contributed by atoms with E-state index >= 15 is 0 Å². The van der Waals surface area contributed by atoms with Crippen LogP contribution < -0.4 is 9.64 Å². The number of carbonyl (C=O) groups is 1. The van der Waals surface area contributed by atoms with Gasteiger partial charge in [0.15, 0.2) is 0 Å². The second-order valence-corrected chi connectivity index (χ2v) is 12.3. The lowest BCUT2D eigenvalue weighted by Gasteiger charge is -2.37. The Bertz CT molecular complexity index is 1790. The Hall–Kier alpha value is -4.77. The highest BCUT2D eigenvalue weighted by atomic mass is 19.1. The Kier molecular flexibility index (Phi) is 6.84. The van der Waals surface area contributed by atoms with Crippen molar-refractivity contribution in [1.82, 2.24) is 9.97 Å². The normalized spacial score (nSPS) is 21.2. The summed E-state index contributed by atoms with van der Waals surface area (Å²) in [5, 5.41) is 19.4. The topological polar surface area (TPSA) is 99.3 Å². The molecule has 3 atom stereocenters. The van der Waals surface area contributed by atoms with Crippen LogP contribution in [0.15, 0.2) is 66.7 Å². The van der Waals surface area contributed by atoms with Gasteiger partial charge in [-0.3, -0.25) is 4.79 Å². The van der Waals surface area contributed by atoms with Crippen molar-refractivity contribution >= 4 is 11.9 Å². The van der Waals surface area contributed by atoms with Crippen LogP contribution in [0.4, 0.5) is 10.3 Å². The van der Waals surface area contributed by atoms with Gasteiger partial charge in [-0.05, 0) is 85.5 Å². The Labute approximate surface area is 256 Å². The monoisotopic (exact) mass is 588 g/mol. The molecule has 1 saturated carbocycles. The number of halogens is 1. The van der Waals surface area contributed by atoms with Gasteiger partial charge in [0.05, 0.1) is 28.8 Å². The second-order valence-electron chi connectivity index (χ2n) is 12.3. The predicted molar refractivity (Wildman–Crippen MR) is 164 cm³/mol. The number of aryl methyl sites for hydroxylation is 2. The number of hydrogen-bond acceptors (Lipinski definition) is 6. The molecule has 3 aliphatic rings. The highest BCUT2D eigenvalue weighted by molar-refractivity contribution is 5.78. The summed E-state index contributed by atoms with van der Waals surface area (Å²) in [6.45, 7) is 5.33. The quantitative estimate of drug-likeness (QED) is 0.263. The van der Waals surface area contributed by atoms with E-state index in [0.29, 0.717) is 43.2 Å². The van der Waals surface area contributed by atoms with Crippen molar-refractivity contribution < 1.29 is 19.0 Å². The molecule has 3 aromatic carbocycles. The van der Waals surface area contributed by atoms with Crippen molar-refractivity contribution in [2.75, 3.05) is 18.0 Å². The van der Waals surface area contributed by atoms with E-state index in [1.54, 1.807) is 12.1 Å². The van der Waals surface area contributed by atoms with E-state index in [0.717, 1.165) is 45.6 Å². The number of carboxylic acid groups (broad SMARTS) is 1. The van der Waals surface area contributed by atoms with Crippen LogP contribution in [0, 0.1) is 42.8 Å². The van der Waals surface area contributed by atoms with Gasteiger partial charge in [-0.1, -0.05) is 42.5 Å². The number of piperidine rings is 1. The van der Waals surface area contributed by atoms with Crippen LogP contribution in [0.2, 0.25) is 0 Å². The van der Waals surface area contributed by atoms with Gasteiger partial charge in [-0.25, -0.2) is 14.4 Å². The average molecular weight is 589 g/mol. The molecule has 1 aliphatic heterocycles. The maximum absolute atomic E-state index is 14.9. The first-order valence-corrected chi connectivity index (χ1v) is 15.1. The average Bonchev–Trinajstić information content (AvgIpc) is 3.63. The summed E-state index contributed by atoms with van der Waals surface area (Å²) in [5.41, 5.74) is 6.53. The molecule has 7 nitrogen and oxygen atoms in total. The maximum Gasteiger partial charge on any atom is 0.307 e. The van der Waals surface area contributed by atoms with Gasteiger partial charge >= 0.3 is 5.97 Å². The molecule has 2 aliphatic carbocycles. The number of fused-ring (bicyclic) bond motifs is 3. The smallest absolute Gasteiger partial charge is 0.307 e. The third-order valence-electron chi connectivity index (χ3n) is 9.81. The number of benzene rings is 3. The minimum atomic E-state index is -0.719. The molecule has 1 aromatic heterocycles. The molecule has 2 heterocycles. The number of anilines is 1. The fraction of sp³-hybridized carbons (Fsp3) is 0.333. The lowest BCUT2D eigenvalue weighted by atomic mass is 9.74. The molecule has 2 fully saturated rings. The summed E-state index contributed by atoms with van der Waals surface area (Å²) in [6, 6.07) is 23.4. The van der Waals surface area contributed by atoms with E-state index < -0.39 is 11.4 Å². The maximum atomic E-state index is 14.9. The van der Waals surface area contributed by atoms with Gasteiger partial charge in [0.25, 0.3) is 0 Å². The number of aliphatic carboxylic acids is 1. The summed E-state index contributed by atoms with van der Waals surface area (Å²) in [6.07, 6.45) is 2.15. The van der Waals surface area contributed by atoms with E-state index in [9.17, 15) is 19.6 Å². The second kappa shape index (κ2) is 10.7. The van der Waals surface area contributed by atoms with E-state index in [2.05, 4.69) is 11.0 Å². The first-order valence-electron chi connectivity index (χ1n) is 15.1. The van der Waals surface area contributed by atoms with Crippen molar-refractivity contribution in [2.45, 2.75) is 51.0 Å². The number of nitrogens with zero attached hydrogens (tertiary/aromatic N) is 4. The standard InChI is InChI=1S/C36H33FN4O3/c1-21-31(22(2)40-35(39-21)41-14-12-36(20-38,13-15-41)26-6-4-3-5-7-26)23-8-11-30(37)25(16-23)19-44-27-9-10-28-24(17-27)18-29-32(28)33(29)34(42)43/h3-11,16-17,29,32-33H,12-15,18-19H2,1-2H3,(H,42,43). The van der Waals surface area contributed by atoms with Crippen LogP contribution in [-0.2, 0) is 23.2 Å². The van der Waals surface area contributed by atoms with Crippen LogP contribution in [0.25, 0.3) is 11.1 Å². The van der Waals surface area contributed by atoms with Crippen molar-refractivity contribution in [3.05, 3.63) is 106 Å². The van der Waals surface area contributed by atoms with Gasteiger partial charge in [0.1, 0.15) is 18.2 Å². The molecule has 0 radical (unpaired) electrons. The van der Waals surface area contributed by atoms with Crippen LogP contribution in [0.3, 0.4) is 0 Å². The largest absolute Gasteiger partial charge is 0.489 e. The third-order valence-corrected chi connectivity index (χ3v) is 9.81. The van der Waals surface area contributed by atoms with Crippen LogP contribution in [0.1, 0.15) is 52.4 Å². The molecule has 0 bridgehead atoms. The van der Waals surface area contributed by atoms with E-state index in [4.69, 9.17) is 14.7 Å². The minimum Gasteiger partial charge on any atom is -0.489 e. The molecule has 222 valence electrons. The molecule has 44 heavy (non-hydrogen) atoms. The number of rotatable bonds is 7. The molecule has 3 unspecified atom stereocenters. The first kappa shape index (κ1) is 28.0. The zero-order valence-corrected chi connectivity index (χ0v) is 24.8. The number of carboxylic acids is 1. The number of ether oxygens (including phenoxy) is 1. The van der Waals surface area contributed by atoms with E-state index in [1.165, 1.54) is 6.07 Å². The van der Waals surface area contributed by atoms with Crippen LogP contribution in [0.5, 0.6) is 5.75 Å². The van der Waals surface area contributed by atoms with Crippen LogP contribution in [-0.4, -0.2) is 34.1 Å². The predicted octanol–water partition coefficient (Wildman–Crippen LogP) is 6.51. The van der Waals surface area contributed by atoms with E-state index in [1.807, 2.05) is 62.4 Å². The summed E-state index contributed by atoms with van der Waals surface area (Å²) < 4.78 is 20.9.